The van der Waals surface area contributed by atoms with Crippen LogP contribution in [0.5, 0.6) is 0 Å². The highest BCUT2D eigenvalue weighted by Gasteiger charge is 2.15. The summed E-state index contributed by atoms with van der Waals surface area (Å²) in [4.78, 5) is 31.4. The highest BCUT2D eigenvalue weighted by Crippen LogP contribution is 2.24. The standard InChI is InChI=1S/C16H14BrN5O3S/c1-9-5-11(22-25-9)8-26-16-12(3-2-4-18-16)14(23)20-21-15(24)13-6-10(17)7-19-13/h2-7,19H,8H2,1H3,(H,20,23)(H,21,24). The van der Waals surface area contributed by atoms with E-state index in [4.69, 9.17) is 4.52 Å². The van der Waals surface area contributed by atoms with Crippen LogP contribution in [0.1, 0.15) is 32.3 Å². The number of nitrogens with one attached hydrogen (secondary N) is 3. The largest absolute Gasteiger partial charge is 0.361 e. The van der Waals surface area contributed by atoms with E-state index in [1.807, 2.05) is 13.0 Å². The normalized spacial score (nSPS) is 10.5. The Morgan fingerprint density at radius 1 is 1.31 bits per heavy atom. The minimum absolute atomic E-state index is 0.319. The average molecular weight is 436 g/mol. The maximum atomic E-state index is 12.4. The molecule has 0 aliphatic heterocycles. The zero-order valence-electron chi connectivity index (χ0n) is 13.6. The van der Waals surface area contributed by atoms with E-state index in [9.17, 15) is 9.59 Å². The third-order valence-electron chi connectivity index (χ3n) is 3.23. The number of rotatable bonds is 5. The number of aromatic amines is 1. The van der Waals surface area contributed by atoms with Gasteiger partial charge in [0, 0.05) is 28.7 Å². The van der Waals surface area contributed by atoms with Gasteiger partial charge in [0.05, 0.1) is 11.3 Å². The summed E-state index contributed by atoms with van der Waals surface area (Å²) < 4.78 is 5.76. The molecular formula is C16H14BrN5O3S. The number of halogens is 1. The molecule has 0 fully saturated rings. The first kappa shape index (κ1) is 18.2. The van der Waals surface area contributed by atoms with Crippen molar-refractivity contribution in [2.24, 2.45) is 0 Å². The molecule has 10 heteroatoms. The maximum absolute atomic E-state index is 12.4. The quantitative estimate of drug-likeness (QED) is 0.419. The molecule has 0 unspecified atom stereocenters. The molecule has 0 saturated carbocycles. The van der Waals surface area contributed by atoms with Crippen molar-refractivity contribution in [1.29, 1.82) is 0 Å². The molecule has 0 aliphatic rings. The molecule has 0 atom stereocenters. The van der Waals surface area contributed by atoms with Gasteiger partial charge in [0.15, 0.2) is 0 Å². The number of hydrazine groups is 1. The Morgan fingerprint density at radius 2 is 2.12 bits per heavy atom. The summed E-state index contributed by atoms with van der Waals surface area (Å²) in [6, 6.07) is 6.72. The number of carbonyl (C=O) groups is 2. The van der Waals surface area contributed by atoms with E-state index in [2.05, 4.69) is 41.9 Å². The van der Waals surface area contributed by atoms with E-state index in [1.165, 1.54) is 11.8 Å². The molecule has 0 aliphatic carbocycles. The van der Waals surface area contributed by atoms with Crippen LogP contribution >= 0.6 is 27.7 Å². The van der Waals surface area contributed by atoms with E-state index < -0.39 is 11.8 Å². The van der Waals surface area contributed by atoms with Crippen molar-refractivity contribution in [3.63, 3.8) is 0 Å². The zero-order valence-corrected chi connectivity index (χ0v) is 16.0. The predicted octanol–water partition coefficient (Wildman–Crippen LogP) is 2.84. The van der Waals surface area contributed by atoms with Gasteiger partial charge in [0.25, 0.3) is 11.8 Å². The summed E-state index contributed by atoms with van der Waals surface area (Å²) in [6.07, 6.45) is 3.22. The van der Waals surface area contributed by atoms with E-state index in [1.54, 1.807) is 30.6 Å². The Morgan fingerprint density at radius 3 is 2.81 bits per heavy atom. The SMILES string of the molecule is Cc1cc(CSc2ncccc2C(=O)NNC(=O)c2cc(Br)c[nH]2)no1. The zero-order chi connectivity index (χ0) is 18.5. The van der Waals surface area contributed by atoms with Crippen LogP contribution in [0.25, 0.3) is 0 Å². The van der Waals surface area contributed by atoms with Crippen LogP contribution in [-0.2, 0) is 5.75 Å². The molecular weight excluding hydrogens is 422 g/mol. The molecule has 0 radical (unpaired) electrons. The summed E-state index contributed by atoms with van der Waals surface area (Å²) in [5, 5.41) is 4.44. The Bertz CT molecular complexity index is 939. The van der Waals surface area contributed by atoms with Crippen LogP contribution in [-0.4, -0.2) is 26.9 Å². The number of aryl methyl sites for hydroxylation is 1. The Balaban J connectivity index is 1.62. The van der Waals surface area contributed by atoms with Crippen LogP contribution in [0.3, 0.4) is 0 Å². The summed E-state index contributed by atoms with van der Waals surface area (Å²) in [5.41, 5.74) is 6.18. The first-order valence-electron chi connectivity index (χ1n) is 7.47. The van der Waals surface area contributed by atoms with Gasteiger partial charge in [0.2, 0.25) is 0 Å². The van der Waals surface area contributed by atoms with Crippen molar-refractivity contribution in [3.05, 3.63) is 63.8 Å². The molecule has 0 bridgehead atoms. The lowest BCUT2D eigenvalue weighted by Gasteiger charge is -2.09. The Labute approximate surface area is 161 Å². The topological polar surface area (TPSA) is 113 Å². The van der Waals surface area contributed by atoms with Gasteiger partial charge in [-0.05, 0) is 41.1 Å². The number of carbonyl (C=O) groups excluding carboxylic acids is 2. The van der Waals surface area contributed by atoms with Gasteiger partial charge >= 0.3 is 0 Å². The van der Waals surface area contributed by atoms with Crippen LogP contribution in [0.4, 0.5) is 0 Å². The van der Waals surface area contributed by atoms with Crippen LogP contribution in [0, 0.1) is 6.92 Å². The predicted molar refractivity (Wildman–Crippen MR) is 98.5 cm³/mol. The van der Waals surface area contributed by atoms with Gasteiger partial charge in [0.1, 0.15) is 16.5 Å². The molecule has 2 amide bonds. The van der Waals surface area contributed by atoms with Crippen molar-refractivity contribution >= 4 is 39.5 Å². The molecule has 134 valence electrons. The maximum Gasteiger partial charge on any atom is 0.286 e. The molecule has 3 rings (SSSR count). The van der Waals surface area contributed by atoms with Gasteiger partial charge in [-0.15, -0.1) is 0 Å². The fraction of sp³-hybridized carbons (Fsp3) is 0.125. The minimum atomic E-state index is -0.462. The number of aromatic nitrogens is 3. The number of amides is 2. The number of thioether (sulfide) groups is 1. The minimum Gasteiger partial charge on any atom is -0.361 e. The number of hydrogen-bond acceptors (Lipinski definition) is 6. The second kappa shape index (κ2) is 8.19. The van der Waals surface area contributed by atoms with E-state index in [-0.39, 0.29) is 0 Å². The first-order valence-corrected chi connectivity index (χ1v) is 9.25. The third-order valence-corrected chi connectivity index (χ3v) is 4.73. The number of nitrogens with zero attached hydrogens (tertiary/aromatic N) is 2. The first-order chi connectivity index (χ1) is 12.5. The summed E-state index contributed by atoms with van der Waals surface area (Å²) >= 11 is 4.60. The van der Waals surface area contributed by atoms with Gasteiger partial charge in [-0.3, -0.25) is 20.4 Å². The van der Waals surface area contributed by atoms with Crippen LogP contribution < -0.4 is 10.9 Å². The Kier molecular flexibility index (Phi) is 5.74. The molecule has 3 aromatic rings. The van der Waals surface area contributed by atoms with Gasteiger partial charge in [-0.25, -0.2) is 4.98 Å². The molecule has 3 aromatic heterocycles. The molecule has 3 heterocycles. The summed E-state index contributed by atoms with van der Waals surface area (Å²) in [6.45, 7) is 1.81. The molecule has 8 nitrogen and oxygen atoms in total. The van der Waals surface area contributed by atoms with Crippen LogP contribution in [0.15, 0.2) is 50.7 Å². The van der Waals surface area contributed by atoms with E-state index in [0.29, 0.717) is 22.0 Å². The monoisotopic (exact) mass is 435 g/mol. The van der Waals surface area contributed by atoms with E-state index >= 15 is 0 Å². The number of H-pyrrole nitrogens is 1. The summed E-state index contributed by atoms with van der Waals surface area (Å²) in [7, 11) is 0. The lowest BCUT2D eigenvalue weighted by molar-refractivity contribution is 0.0842. The molecule has 0 saturated heterocycles. The van der Waals surface area contributed by atoms with Crippen molar-refractivity contribution in [2.45, 2.75) is 17.7 Å². The highest BCUT2D eigenvalue weighted by molar-refractivity contribution is 9.10. The fourth-order valence-electron chi connectivity index (χ4n) is 2.05. The fourth-order valence-corrected chi connectivity index (χ4v) is 3.27. The molecule has 3 N–H and O–H groups in total. The summed E-state index contributed by atoms with van der Waals surface area (Å²) in [5.74, 6) is 0.312. The number of hydrogen-bond donors (Lipinski definition) is 3. The van der Waals surface area contributed by atoms with Crippen molar-refractivity contribution in [1.82, 2.24) is 26.0 Å². The smallest absolute Gasteiger partial charge is 0.286 e. The average Bonchev–Trinajstić information content (AvgIpc) is 3.26. The molecule has 0 spiro atoms. The van der Waals surface area contributed by atoms with E-state index in [0.717, 1.165) is 15.9 Å². The lowest BCUT2D eigenvalue weighted by atomic mass is 10.3. The second-order valence-electron chi connectivity index (χ2n) is 5.21. The Hall–Kier alpha value is -2.59. The third kappa shape index (κ3) is 4.52. The van der Waals surface area contributed by atoms with Gasteiger partial charge in [-0.1, -0.05) is 16.9 Å². The van der Waals surface area contributed by atoms with Crippen LogP contribution in [0.2, 0.25) is 0 Å². The molecule has 26 heavy (non-hydrogen) atoms. The lowest BCUT2D eigenvalue weighted by Crippen LogP contribution is -2.42. The highest BCUT2D eigenvalue weighted by atomic mass is 79.9. The van der Waals surface area contributed by atoms with Crippen molar-refractivity contribution in [2.75, 3.05) is 0 Å². The van der Waals surface area contributed by atoms with Crippen molar-refractivity contribution < 1.29 is 14.1 Å². The second-order valence-corrected chi connectivity index (χ2v) is 7.09. The van der Waals surface area contributed by atoms with Gasteiger partial charge < -0.3 is 9.51 Å². The molecule has 0 aromatic carbocycles. The van der Waals surface area contributed by atoms with Crippen molar-refractivity contribution in [3.8, 4) is 0 Å². The number of pyridine rings is 1. The van der Waals surface area contributed by atoms with Gasteiger partial charge in [-0.2, -0.15) is 0 Å².